The summed E-state index contributed by atoms with van der Waals surface area (Å²) in [6.45, 7) is 0.720. The molecule has 1 aliphatic rings. The first-order valence-electron chi connectivity index (χ1n) is 15.3. The van der Waals surface area contributed by atoms with Gasteiger partial charge in [0.25, 0.3) is 10.1 Å². The number of hydrogen-bond acceptors (Lipinski definition) is 6. The van der Waals surface area contributed by atoms with Gasteiger partial charge in [0.05, 0.1) is 11.7 Å². The lowest BCUT2D eigenvalue weighted by Crippen LogP contribution is -2.22. The molecular formula is C36H46N3O6S+. The van der Waals surface area contributed by atoms with Crippen LogP contribution < -0.4 is 9.80 Å². The number of anilines is 2. The molecule has 1 unspecified atom stereocenters. The number of hydrogen-bond donors (Lipinski definition) is 2. The van der Waals surface area contributed by atoms with Crippen LogP contribution in [-0.4, -0.2) is 87.7 Å². The second-order valence-corrected chi connectivity index (χ2v) is 13.5. The van der Waals surface area contributed by atoms with E-state index in [4.69, 9.17) is 4.55 Å². The number of carbonyl (C=O) groups excluding carboxylic acids is 1. The van der Waals surface area contributed by atoms with E-state index in [9.17, 15) is 23.1 Å². The molecule has 3 rings (SSSR count). The van der Waals surface area contributed by atoms with Crippen molar-refractivity contribution >= 4 is 50.6 Å². The second-order valence-electron chi connectivity index (χ2n) is 12.0. The van der Waals surface area contributed by atoms with Crippen molar-refractivity contribution in [3.05, 3.63) is 95.6 Å². The highest BCUT2D eigenvalue weighted by atomic mass is 32.2. The molecule has 246 valence electrons. The van der Waals surface area contributed by atoms with Gasteiger partial charge in [0, 0.05) is 64.1 Å². The van der Waals surface area contributed by atoms with Gasteiger partial charge < -0.3 is 14.9 Å². The Morgan fingerprint density at radius 1 is 0.891 bits per heavy atom. The van der Waals surface area contributed by atoms with Crippen molar-refractivity contribution in [3.8, 4) is 0 Å². The molecule has 0 bridgehead atoms. The predicted octanol–water partition coefficient (Wildman–Crippen LogP) is 5.60. The lowest BCUT2D eigenvalue weighted by Gasteiger charge is -2.19. The summed E-state index contributed by atoms with van der Waals surface area (Å²) in [7, 11) is 5.84. The Kier molecular flexibility index (Phi) is 13.3. The molecule has 0 saturated heterocycles. The van der Waals surface area contributed by atoms with Crippen molar-refractivity contribution in [3.63, 3.8) is 0 Å². The maximum atomic E-state index is 12.3. The first-order valence-corrected chi connectivity index (χ1v) is 17.0. The zero-order valence-corrected chi connectivity index (χ0v) is 28.2. The average molecular weight is 649 g/mol. The number of benzene rings is 2. The number of carboxylic acids is 1. The largest absolute Gasteiger partial charge is 0.481 e. The van der Waals surface area contributed by atoms with Crippen LogP contribution in [0.3, 0.4) is 0 Å². The van der Waals surface area contributed by atoms with Crippen molar-refractivity contribution < 1.29 is 32.2 Å². The van der Waals surface area contributed by atoms with Crippen molar-refractivity contribution in [1.82, 2.24) is 0 Å². The van der Waals surface area contributed by atoms with E-state index in [-0.39, 0.29) is 25.0 Å². The van der Waals surface area contributed by atoms with Gasteiger partial charge in [0.1, 0.15) is 19.9 Å². The number of unbranched alkanes of at least 4 members (excludes halogenated alkanes) is 1. The van der Waals surface area contributed by atoms with Crippen molar-refractivity contribution in [2.24, 2.45) is 5.92 Å². The third-order valence-electron chi connectivity index (χ3n) is 7.91. The van der Waals surface area contributed by atoms with E-state index in [2.05, 4.69) is 99.4 Å². The maximum absolute atomic E-state index is 12.3. The Morgan fingerprint density at radius 3 is 2.04 bits per heavy atom. The first kappa shape index (κ1) is 36.2. The van der Waals surface area contributed by atoms with E-state index >= 15 is 0 Å². The van der Waals surface area contributed by atoms with Gasteiger partial charge >= 0.3 is 5.97 Å². The minimum Gasteiger partial charge on any atom is -0.481 e. The van der Waals surface area contributed by atoms with Crippen LogP contribution in [-0.2, 0) is 19.7 Å². The molecule has 0 fully saturated rings. The minimum atomic E-state index is -4.27. The fraction of sp³-hybridized carbons (Fsp3) is 0.361. The quantitative estimate of drug-likeness (QED) is 0.137. The minimum absolute atomic E-state index is 0.222. The van der Waals surface area contributed by atoms with Gasteiger partial charge in [-0.25, -0.2) is 4.58 Å². The Hall–Kier alpha value is -4.28. The van der Waals surface area contributed by atoms with Crippen LogP contribution in [0.15, 0.2) is 84.5 Å². The summed E-state index contributed by atoms with van der Waals surface area (Å²) >= 11 is 0. The van der Waals surface area contributed by atoms with Gasteiger partial charge in [-0.05, 0) is 78.0 Å². The Labute approximate surface area is 273 Å². The lowest BCUT2D eigenvalue weighted by atomic mass is 9.95. The zero-order chi connectivity index (χ0) is 33.9. The molecule has 2 aromatic carbocycles. The summed E-state index contributed by atoms with van der Waals surface area (Å²) < 4.78 is 32.8. The van der Waals surface area contributed by atoms with E-state index in [1.54, 1.807) is 0 Å². The van der Waals surface area contributed by atoms with Gasteiger partial charge in [-0.1, -0.05) is 36.4 Å². The maximum Gasteiger partial charge on any atom is 0.306 e. The highest BCUT2D eigenvalue weighted by Gasteiger charge is 2.23. The molecule has 2 N–H and O–H groups in total. The molecule has 46 heavy (non-hydrogen) atoms. The number of allylic oxidation sites excluding steroid dienone is 7. The number of nitrogens with zero attached hydrogens (tertiary/aromatic N) is 3. The smallest absolute Gasteiger partial charge is 0.306 e. The molecular weight excluding hydrogens is 602 g/mol. The third kappa shape index (κ3) is 11.6. The molecule has 2 aromatic rings. The van der Waals surface area contributed by atoms with Crippen molar-refractivity contribution in [2.45, 2.75) is 32.1 Å². The van der Waals surface area contributed by atoms with Gasteiger partial charge in [0.2, 0.25) is 0 Å². The van der Waals surface area contributed by atoms with Gasteiger partial charge in [-0.2, -0.15) is 8.42 Å². The highest BCUT2D eigenvalue weighted by molar-refractivity contribution is 7.85. The molecule has 0 spiro atoms. The molecule has 0 saturated carbocycles. The summed E-state index contributed by atoms with van der Waals surface area (Å²) in [6, 6.07) is 16.8. The van der Waals surface area contributed by atoms with Crippen LogP contribution in [0, 0.1) is 5.92 Å². The van der Waals surface area contributed by atoms with Gasteiger partial charge in [-0.15, -0.1) is 0 Å². The second kappa shape index (κ2) is 16.9. The standard InChI is InChI=1S/C36H45N3O6S/c1-37(2)31-18-12-28(13-19-31)35(29-14-20-32(21-15-29)38(3)4)22-11-27-9-16-33(17-10-27)39(5)24-7-6-8-34(40)26-30(36(41)42)23-25-46(43,44)45/h9-22,30H,6-8,23-26H2,1-5H3,(H-,41,42,43,44,45)/p+1. The van der Waals surface area contributed by atoms with Crippen molar-refractivity contribution in [1.29, 1.82) is 0 Å². The van der Waals surface area contributed by atoms with Gasteiger partial charge in [0.15, 0.2) is 5.71 Å². The Balaban J connectivity index is 1.61. The van der Waals surface area contributed by atoms with Crippen molar-refractivity contribution in [2.75, 3.05) is 57.3 Å². The normalized spacial score (nSPS) is 13.6. The molecule has 0 heterocycles. The van der Waals surface area contributed by atoms with E-state index in [0.29, 0.717) is 6.42 Å². The van der Waals surface area contributed by atoms with Crippen LogP contribution in [0.1, 0.15) is 43.2 Å². The monoisotopic (exact) mass is 648 g/mol. The summed E-state index contributed by atoms with van der Waals surface area (Å²) in [5, 5.41) is 9.28. The zero-order valence-electron chi connectivity index (χ0n) is 27.4. The van der Waals surface area contributed by atoms with Crippen LogP contribution in [0.25, 0.3) is 11.6 Å². The molecule has 0 aromatic heterocycles. The first-order chi connectivity index (χ1) is 21.7. The molecule has 1 aliphatic carbocycles. The topological polar surface area (TPSA) is 118 Å². The van der Waals surface area contributed by atoms with E-state index in [1.807, 2.05) is 35.2 Å². The Bertz CT molecular complexity index is 1610. The summed E-state index contributed by atoms with van der Waals surface area (Å²) in [4.78, 5) is 27.9. The summed E-state index contributed by atoms with van der Waals surface area (Å²) in [6.07, 6.45) is 13.8. The predicted molar refractivity (Wildman–Crippen MR) is 187 cm³/mol. The molecule has 1 atom stereocenters. The third-order valence-corrected chi connectivity index (χ3v) is 8.66. The van der Waals surface area contributed by atoms with Crippen LogP contribution in [0.5, 0.6) is 0 Å². The Morgan fingerprint density at radius 2 is 1.50 bits per heavy atom. The molecule has 10 heteroatoms. The number of carboxylic acid groups (broad SMARTS) is 1. The van der Waals surface area contributed by atoms with Crippen LogP contribution >= 0.6 is 0 Å². The average Bonchev–Trinajstić information content (AvgIpc) is 3.01. The summed E-state index contributed by atoms with van der Waals surface area (Å²) in [5.74, 6) is -3.25. The fourth-order valence-electron chi connectivity index (χ4n) is 5.04. The van der Waals surface area contributed by atoms with E-state index < -0.39 is 27.8 Å². The number of Topliss-reactive ketones (excluding diaryl/α,β-unsaturated/α-hetero) is 1. The number of rotatable bonds is 16. The van der Waals surface area contributed by atoms with E-state index in [0.717, 1.165) is 52.3 Å². The number of carbonyl (C=O) groups is 2. The lowest BCUT2D eigenvalue weighted by molar-refractivity contribution is -0.462. The fourth-order valence-corrected chi connectivity index (χ4v) is 5.62. The molecule has 0 radical (unpaired) electrons. The van der Waals surface area contributed by atoms with Crippen LogP contribution in [0.4, 0.5) is 11.4 Å². The van der Waals surface area contributed by atoms with Crippen LogP contribution in [0.2, 0.25) is 0 Å². The highest BCUT2D eigenvalue weighted by Crippen LogP contribution is 2.27. The SMILES string of the molecule is CN(C)c1ccc(C(/C=C/c2ccc(N(C)CCCCC(=O)CC(CCS(=O)(=O)O)C(=O)O)cc2)=C2C=CC(=[N+](C)C)C=C2)cc1. The molecule has 9 nitrogen and oxygen atoms in total. The number of ketones is 1. The van der Waals surface area contributed by atoms with E-state index in [1.165, 1.54) is 0 Å². The molecule has 0 aliphatic heterocycles. The van der Waals surface area contributed by atoms with Gasteiger partial charge in [-0.3, -0.25) is 14.1 Å². The number of aliphatic carboxylic acids is 1. The summed E-state index contributed by atoms with van der Waals surface area (Å²) in [5.41, 5.74) is 7.78. The molecule has 0 amide bonds.